The van der Waals surface area contributed by atoms with E-state index in [0.29, 0.717) is 0 Å². The molecule has 1 atom stereocenters. The molecule has 2 nitrogen and oxygen atoms in total. The molecule has 0 aromatic carbocycles. The first-order valence-electron chi connectivity index (χ1n) is 2.27. The molecule has 0 rings (SSSR count). The van der Waals surface area contributed by atoms with Gasteiger partial charge in [0.05, 0.1) is 0 Å². The van der Waals surface area contributed by atoms with Crippen LogP contribution in [0.25, 0.3) is 0 Å². The summed E-state index contributed by atoms with van der Waals surface area (Å²) in [6.07, 6.45) is 0. The average molecular weight is 244 g/mol. The van der Waals surface area contributed by atoms with Gasteiger partial charge in [0.25, 0.3) is 0 Å². The van der Waals surface area contributed by atoms with Crippen molar-refractivity contribution in [3.05, 3.63) is 0 Å². The van der Waals surface area contributed by atoms with Gasteiger partial charge in [-0.1, -0.05) is 41.7 Å². The first-order chi connectivity index (χ1) is 4.27. The van der Waals surface area contributed by atoms with Crippen molar-refractivity contribution >= 4 is 54.8 Å². The van der Waals surface area contributed by atoms with Crippen LogP contribution in [-0.2, 0) is 24.1 Å². The Morgan fingerprint density at radius 3 is 2.10 bits per heavy atom. The van der Waals surface area contributed by atoms with Crippen LogP contribution in [0.4, 0.5) is 0 Å². The lowest BCUT2D eigenvalue weighted by Gasteiger charge is -2.12. The van der Waals surface area contributed by atoms with Crippen LogP contribution in [-0.4, -0.2) is 13.9 Å². The number of hydrogen-bond acceptors (Lipinski definition) is 3. The van der Waals surface area contributed by atoms with Gasteiger partial charge >= 0.3 is 3.98 Å². The summed E-state index contributed by atoms with van der Waals surface area (Å²) < 4.78 is 13.3. The molecule has 0 saturated heterocycles. The average Bonchev–Trinajstić information content (AvgIpc) is 1.60. The Morgan fingerprint density at radius 2 is 2.00 bits per heavy atom. The first kappa shape index (κ1) is 11.2. The van der Waals surface area contributed by atoms with E-state index in [1.54, 1.807) is 6.92 Å². The van der Waals surface area contributed by atoms with Gasteiger partial charge in [-0.05, 0) is 0 Å². The van der Waals surface area contributed by atoms with Crippen LogP contribution in [0.5, 0.6) is 0 Å². The Hall–Kier alpha value is 1.20. The number of hydrogen-bond donors (Lipinski definition) is 0. The molecule has 1 unspecified atom stereocenters. The van der Waals surface area contributed by atoms with Crippen molar-refractivity contribution in [1.82, 2.24) is 0 Å². The lowest BCUT2D eigenvalue weighted by molar-refractivity contribution is 0.351. The maximum Gasteiger partial charge on any atom is 0.310 e. The zero-order chi connectivity index (χ0) is 8.41. The lowest BCUT2D eigenvalue weighted by atomic mass is 11.0. The molecule has 0 heterocycles. The number of alkyl halides is 3. The van der Waals surface area contributed by atoms with Crippen molar-refractivity contribution in [2.24, 2.45) is 0 Å². The monoisotopic (exact) mass is 242 g/mol. The van der Waals surface area contributed by atoms with Crippen LogP contribution in [0.1, 0.15) is 6.92 Å². The highest BCUT2D eigenvalue weighted by atomic mass is 35.6. The summed E-state index contributed by atoms with van der Waals surface area (Å²) in [5.74, 6) is 0.149. The van der Waals surface area contributed by atoms with Crippen molar-refractivity contribution in [2.75, 3.05) is 5.75 Å². The van der Waals surface area contributed by atoms with Gasteiger partial charge < -0.3 is 0 Å². The smallest absolute Gasteiger partial charge is 0.236 e. The molecule has 62 valence electrons. The Kier molecular flexibility index (Phi) is 4.19. The minimum atomic E-state index is -2.84. The van der Waals surface area contributed by atoms with Crippen LogP contribution in [0.15, 0.2) is 0 Å². The fourth-order valence-electron chi connectivity index (χ4n) is 0.203. The molecule has 0 aromatic rings. The second-order valence-electron chi connectivity index (χ2n) is 1.38. The molecule has 0 radical (unpaired) electrons. The van der Waals surface area contributed by atoms with Crippen molar-refractivity contribution in [3.63, 3.8) is 0 Å². The molecule has 0 spiro atoms. The predicted octanol–water partition coefficient (Wildman–Crippen LogP) is 2.01. The molecule has 0 bridgehead atoms. The quantitative estimate of drug-likeness (QED) is 0.694. The third-order valence-corrected chi connectivity index (χ3v) is 3.20. The van der Waals surface area contributed by atoms with Gasteiger partial charge in [0.2, 0.25) is 0 Å². The van der Waals surface area contributed by atoms with Gasteiger partial charge in [-0.2, -0.15) is 0 Å². The van der Waals surface area contributed by atoms with Gasteiger partial charge in [0.15, 0.2) is 0 Å². The molecular weight excluding hydrogens is 239 g/mol. The van der Waals surface area contributed by atoms with E-state index in [9.17, 15) is 4.21 Å². The van der Waals surface area contributed by atoms with E-state index in [-0.39, 0.29) is 5.75 Å². The second kappa shape index (κ2) is 3.74. The molecule has 0 aliphatic rings. The largest absolute Gasteiger partial charge is 0.310 e. The molecule has 0 N–H and O–H groups in total. The van der Waals surface area contributed by atoms with E-state index in [0.717, 1.165) is 0 Å². The van der Waals surface area contributed by atoms with Gasteiger partial charge in [-0.3, -0.25) is 0 Å². The molecule has 7 heteroatoms. The predicted molar refractivity (Wildman–Crippen MR) is 47.4 cm³/mol. The molecule has 10 heavy (non-hydrogen) atoms. The van der Waals surface area contributed by atoms with E-state index in [4.69, 9.17) is 34.8 Å². The minimum absolute atomic E-state index is 0.149. The van der Waals surface area contributed by atoms with Gasteiger partial charge in [0.1, 0.15) is 8.77 Å². The van der Waals surface area contributed by atoms with Gasteiger partial charge in [0, 0.05) is 16.9 Å². The Bertz CT molecular complexity index is 192. The van der Waals surface area contributed by atoms with E-state index >= 15 is 0 Å². The maximum absolute atomic E-state index is 10.9. The Morgan fingerprint density at radius 1 is 1.60 bits per heavy atom. The highest BCUT2D eigenvalue weighted by Crippen LogP contribution is 2.29. The summed E-state index contributed by atoms with van der Waals surface area (Å²) in [6.45, 7) is 1.59. The highest BCUT2D eigenvalue weighted by Gasteiger charge is 2.25. The Labute approximate surface area is 79.7 Å². The molecule has 0 fully saturated rings. The van der Waals surface area contributed by atoms with Crippen LogP contribution in [0.2, 0.25) is 0 Å². The van der Waals surface area contributed by atoms with E-state index in [2.05, 4.69) is 15.4 Å². The topological polar surface area (TPSA) is 26.3 Å². The van der Waals surface area contributed by atoms with Crippen LogP contribution in [0, 0.1) is 0 Å². The number of rotatable bonds is 2. The molecule has 0 amide bonds. The first-order valence-corrected chi connectivity index (χ1v) is 5.98. The van der Waals surface area contributed by atoms with Crippen molar-refractivity contribution in [3.8, 4) is 0 Å². The molecule has 0 aliphatic heterocycles. The van der Waals surface area contributed by atoms with Gasteiger partial charge in [-0.15, -0.1) is 0 Å². The van der Waals surface area contributed by atoms with E-state index in [1.165, 1.54) is 0 Å². The van der Waals surface area contributed by atoms with Crippen molar-refractivity contribution < 1.29 is 8.39 Å². The zero-order valence-corrected chi connectivity index (χ0v) is 8.87. The van der Waals surface area contributed by atoms with Gasteiger partial charge in [-0.25, -0.2) is 8.39 Å². The lowest BCUT2D eigenvalue weighted by Crippen LogP contribution is -2.16. The second-order valence-corrected chi connectivity index (χ2v) is 6.94. The fraction of sp³-hybridized carbons (Fsp3) is 1.00. The normalized spacial score (nSPS) is 18.4. The summed E-state index contributed by atoms with van der Waals surface area (Å²) in [6, 6.07) is 0. The fourth-order valence-corrected chi connectivity index (χ4v) is 2.17. The van der Waals surface area contributed by atoms with Crippen LogP contribution < -0.4 is 0 Å². The number of halogens is 3. The maximum atomic E-state index is 10.9. The zero-order valence-electron chi connectivity index (χ0n) is 4.97. The summed E-state index contributed by atoms with van der Waals surface area (Å²) in [7, 11) is -2.84. The van der Waals surface area contributed by atoms with E-state index < -0.39 is 12.8 Å². The molecular formula is C3H5Cl3O2S2. The standard InChI is InChI=1S/C3H5Cl3O2S2/c1-2-10(7,9)8-3(4,5)6/h2H2,1H3. The molecule has 0 aliphatic carbocycles. The van der Waals surface area contributed by atoms with Crippen LogP contribution in [0.3, 0.4) is 0 Å². The minimum Gasteiger partial charge on any atom is -0.236 e. The third-order valence-electron chi connectivity index (χ3n) is 0.575. The summed E-state index contributed by atoms with van der Waals surface area (Å²) in [5.41, 5.74) is 0. The summed E-state index contributed by atoms with van der Waals surface area (Å²) in [5, 5.41) is 0. The van der Waals surface area contributed by atoms with Crippen molar-refractivity contribution in [2.45, 2.75) is 10.9 Å². The molecule has 0 aromatic heterocycles. The van der Waals surface area contributed by atoms with Crippen LogP contribution >= 0.6 is 34.8 Å². The SMILES string of the molecule is CCS(=O)(=S)OC(Cl)(Cl)Cl. The molecule has 0 saturated carbocycles. The van der Waals surface area contributed by atoms with Crippen molar-refractivity contribution in [1.29, 1.82) is 0 Å². The highest BCUT2D eigenvalue weighted by molar-refractivity contribution is 8.30. The summed E-state index contributed by atoms with van der Waals surface area (Å²) >= 11 is 19.9. The Balaban J connectivity index is 4.18. The van der Waals surface area contributed by atoms with E-state index in [1.807, 2.05) is 0 Å². The summed E-state index contributed by atoms with van der Waals surface area (Å²) in [4.78, 5) is 0. The third kappa shape index (κ3) is 5.95.